The summed E-state index contributed by atoms with van der Waals surface area (Å²) < 4.78 is 22.5. The normalized spacial score (nSPS) is 14.2. The van der Waals surface area contributed by atoms with E-state index in [1.54, 1.807) is 0 Å². The van der Waals surface area contributed by atoms with E-state index in [2.05, 4.69) is 6.92 Å². The second kappa shape index (κ2) is 26.0. The van der Waals surface area contributed by atoms with E-state index in [1.807, 2.05) is 21.0 Å². The largest absolute Gasteiger partial charge is 0.472 e. The van der Waals surface area contributed by atoms with Gasteiger partial charge in [-0.15, -0.1) is 0 Å². The molecule has 0 aromatic heterocycles. The van der Waals surface area contributed by atoms with Gasteiger partial charge >= 0.3 is 7.82 Å². The van der Waals surface area contributed by atoms with Gasteiger partial charge in [-0.1, -0.05) is 123 Å². The van der Waals surface area contributed by atoms with Crippen LogP contribution in [0.25, 0.3) is 0 Å². The number of Topliss-reactive ketones (excluding diaryl/α,β-unsaturated/α-hetero) is 1. The first kappa shape index (κ1) is 36.7. The van der Waals surface area contributed by atoms with Crippen LogP contribution in [0.2, 0.25) is 0 Å². The fraction of sp³-hybridized carbons (Fsp3) is 0.967. The van der Waals surface area contributed by atoms with Gasteiger partial charge in [0.1, 0.15) is 18.9 Å². The Morgan fingerprint density at radius 2 is 1.19 bits per heavy atom. The number of unbranched alkanes of at least 4 members (excludes halogenated alkanes) is 16. The molecule has 0 spiro atoms. The summed E-state index contributed by atoms with van der Waals surface area (Å²) >= 11 is 0. The molecule has 0 saturated heterocycles. The maximum Gasteiger partial charge on any atom is 0.472 e. The molecule has 222 valence electrons. The number of hydrogen-bond donors (Lipinski definition) is 2. The summed E-state index contributed by atoms with van der Waals surface area (Å²) in [6.45, 7) is 5.19. The van der Waals surface area contributed by atoms with Crippen LogP contribution in [0.5, 0.6) is 0 Å². The minimum Gasteiger partial charge on any atom is -0.338 e. The van der Waals surface area contributed by atoms with Crippen LogP contribution in [-0.4, -0.2) is 44.5 Å². The van der Waals surface area contributed by atoms with Crippen molar-refractivity contribution in [2.75, 3.05) is 33.9 Å². The van der Waals surface area contributed by atoms with E-state index < -0.39 is 7.82 Å². The van der Waals surface area contributed by atoms with Crippen molar-refractivity contribution in [3.8, 4) is 0 Å². The van der Waals surface area contributed by atoms with Gasteiger partial charge in [-0.05, 0) is 18.8 Å². The number of ketones is 1. The van der Waals surface area contributed by atoms with Gasteiger partial charge in [0, 0.05) is 12.8 Å². The van der Waals surface area contributed by atoms with Crippen molar-refractivity contribution in [2.45, 2.75) is 149 Å². The molecule has 0 aliphatic carbocycles. The SMILES string of the molecule is CCCCCCCCCCCCCCCCCCCC(COP(=O)(O)OCC[NH+](C)C)CC(=O)CCC. The molecule has 0 amide bonds. The van der Waals surface area contributed by atoms with Crippen LogP contribution < -0.4 is 4.90 Å². The zero-order valence-corrected chi connectivity index (χ0v) is 26.0. The molecule has 2 atom stereocenters. The van der Waals surface area contributed by atoms with Crippen molar-refractivity contribution >= 4 is 13.6 Å². The maximum absolute atomic E-state index is 12.2. The molecule has 0 bridgehead atoms. The third-order valence-corrected chi connectivity index (χ3v) is 8.08. The minimum atomic E-state index is -4.06. The van der Waals surface area contributed by atoms with Crippen LogP contribution in [-0.2, 0) is 18.4 Å². The summed E-state index contributed by atoms with van der Waals surface area (Å²) in [4.78, 5) is 23.3. The number of phosphoric acid groups is 1. The van der Waals surface area contributed by atoms with E-state index in [-0.39, 0.29) is 24.9 Å². The number of rotatable bonds is 29. The Hall–Kier alpha value is -0.260. The molecule has 0 aliphatic rings. The highest BCUT2D eigenvalue weighted by Gasteiger charge is 2.24. The summed E-state index contributed by atoms with van der Waals surface area (Å²) in [5.74, 6) is 0.201. The average molecular weight is 549 g/mol. The molecule has 0 aromatic rings. The number of carbonyl (C=O) groups is 1. The Bertz CT molecular complexity index is 558. The molecule has 7 heteroatoms. The van der Waals surface area contributed by atoms with Crippen molar-refractivity contribution in [2.24, 2.45) is 5.92 Å². The standard InChI is InChI=1S/C30H62NO5P/c1-5-7-8-9-10-11-12-13-14-15-16-17-18-19-20-21-22-24-29(27-30(32)23-6-2)28-36-37(33,34)35-26-25-31(3)4/h29H,5-28H2,1-4H3,(H,33,34)/p+1. The summed E-state index contributed by atoms with van der Waals surface area (Å²) in [6, 6.07) is 0. The third-order valence-electron chi connectivity index (χ3n) is 7.09. The molecule has 0 fully saturated rings. The van der Waals surface area contributed by atoms with Crippen molar-refractivity contribution in [3.05, 3.63) is 0 Å². The van der Waals surface area contributed by atoms with Gasteiger partial charge in [-0.3, -0.25) is 13.8 Å². The first-order chi connectivity index (χ1) is 17.8. The zero-order valence-electron chi connectivity index (χ0n) is 25.1. The smallest absolute Gasteiger partial charge is 0.338 e. The number of carbonyl (C=O) groups excluding carboxylic acids is 1. The third kappa shape index (κ3) is 27.1. The van der Waals surface area contributed by atoms with Gasteiger partial charge in [0.25, 0.3) is 0 Å². The quantitative estimate of drug-likeness (QED) is 0.0740. The van der Waals surface area contributed by atoms with Gasteiger partial charge < -0.3 is 9.79 Å². The summed E-state index contributed by atoms with van der Waals surface area (Å²) in [5, 5.41) is 0. The summed E-state index contributed by atoms with van der Waals surface area (Å²) in [5.41, 5.74) is 0. The Kier molecular flexibility index (Phi) is 25.8. The molecular formula is C30H63NO5P+. The minimum absolute atomic E-state index is 0.0149. The van der Waals surface area contributed by atoms with Gasteiger partial charge in [-0.2, -0.15) is 0 Å². The predicted octanol–water partition coefficient (Wildman–Crippen LogP) is 7.68. The van der Waals surface area contributed by atoms with E-state index in [0.29, 0.717) is 19.4 Å². The molecule has 2 unspecified atom stereocenters. The lowest BCUT2D eigenvalue weighted by Gasteiger charge is -2.19. The molecule has 0 aromatic carbocycles. The molecule has 0 aliphatic heterocycles. The average Bonchev–Trinajstić information content (AvgIpc) is 2.84. The molecule has 6 nitrogen and oxygen atoms in total. The van der Waals surface area contributed by atoms with Gasteiger partial charge in [0.15, 0.2) is 0 Å². The fourth-order valence-corrected chi connectivity index (χ4v) is 5.50. The van der Waals surface area contributed by atoms with E-state index in [1.165, 1.54) is 96.3 Å². The monoisotopic (exact) mass is 548 g/mol. The van der Waals surface area contributed by atoms with Crippen LogP contribution in [0.3, 0.4) is 0 Å². The highest BCUT2D eigenvalue weighted by atomic mass is 31.2. The number of phosphoric ester groups is 1. The Morgan fingerprint density at radius 3 is 1.62 bits per heavy atom. The van der Waals surface area contributed by atoms with Crippen LogP contribution in [0, 0.1) is 5.92 Å². The molecule has 0 rings (SSSR count). The molecule has 0 heterocycles. The summed E-state index contributed by atoms with van der Waals surface area (Å²) in [6.07, 6.45) is 25.5. The lowest BCUT2D eigenvalue weighted by Crippen LogP contribution is -3.06. The molecule has 0 radical (unpaired) electrons. The highest BCUT2D eigenvalue weighted by Crippen LogP contribution is 2.43. The summed E-state index contributed by atoms with van der Waals surface area (Å²) in [7, 11) is -0.145. The van der Waals surface area contributed by atoms with Crippen LogP contribution in [0.1, 0.15) is 149 Å². The highest BCUT2D eigenvalue weighted by molar-refractivity contribution is 7.47. The molecule has 37 heavy (non-hydrogen) atoms. The van der Waals surface area contributed by atoms with Crippen molar-refractivity contribution in [3.63, 3.8) is 0 Å². The van der Waals surface area contributed by atoms with E-state index >= 15 is 0 Å². The van der Waals surface area contributed by atoms with Crippen molar-refractivity contribution in [1.82, 2.24) is 0 Å². The molecular weight excluding hydrogens is 485 g/mol. The second-order valence-corrected chi connectivity index (χ2v) is 12.8. The lowest BCUT2D eigenvalue weighted by molar-refractivity contribution is -0.858. The number of hydrogen-bond acceptors (Lipinski definition) is 4. The van der Waals surface area contributed by atoms with Gasteiger partial charge in [0.05, 0.1) is 20.7 Å². The zero-order chi connectivity index (χ0) is 27.6. The Labute approximate surface area is 230 Å². The number of quaternary nitrogens is 1. The Morgan fingerprint density at radius 1 is 0.730 bits per heavy atom. The van der Waals surface area contributed by atoms with Gasteiger partial charge in [0.2, 0.25) is 0 Å². The van der Waals surface area contributed by atoms with Crippen LogP contribution >= 0.6 is 7.82 Å². The lowest BCUT2D eigenvalue weighted by atomic mass is 9.94. The topological polar surface area (TPSA) is 77.3 Å². The first-order valence-electron chi connectivity index (χ1n) is 15.7. The molecule has 0 saturated carbocycles. The molecule has 2 N–H and O–H groups in total. The number of nitrogens with one attached hydrogen (secondary N) is 1. The predicted molar refractivity (Wildman–Crippen MR) is 156 cm³/mol. The van der Waals surface area contributed by atoms with Crippen molar-refractivity contribution < 1.29 is 28.2 Å². The number of likely N-dealkylation sites (N-methyl/N-ethyl adjacent to an activating group) is 1. The van der Waals surface area contributed by atoms with Crippen LogP contribution in [0.15, 0.2) is 0 Å². The van der Waals surface area contributed by atoms with Crippen LogP contribution in [0.4, 0.5) is 0 Å². The maximum atomic E-state index is 12.2. The Balaban J connectivity index is 3.86. The van der Waals surface area contributed by atoms with Crippen molar-refractivity contribution in [1.29, 1.82) is 0 Å². The fourth-order valence-electron chi connectivity index (χ4n) is 4.71. The van der Waals surface area contributed by atoms with E-state index in [0.717, 1.165) is 30.6 Å². The van der Waals surface area contributed by atoms with E-state index in [4.69, 9.17) is 9.05 Å². The van der Waals surface area contributed by atoms with E-state index in [9.17, 15) is 14.3 Å². The first-order valence-corrected chi connectivity index (χ1v) is 17.2. The van der Waals surface area contributed by atoms with Gasteiger partial charge in [-0.25, -0.2) is 4.57 Å². The second-order valence-electron chi connectivity index (χ2n) is 11.4.